The molecule has 3 aromatic carbocycles. The van der Waals surface area contributed by atoms with Crippen LogP contribution in [0.2, 0.25) is 0 Å². The van der Waals surface area contributed by atoms with Crippen molar-refractivity contribution in [3.8, 4) is 5.69 Å². The number of carbonyl (C=O) groups excluding carboxylic acids is 1. The number of carboxylic acids is 1. The van der Waals surface area contributed by atoms with Crippen LogP contribution in [0.15, 0.2) is 79.0 Å². The maximum absolute atomic E-state index is 11.7. The smallest absolute Gasteiger partial charge is 0.475 e. The van der Waals surface area contributed by atoms with Gasteiger partial charge in [-0.3, -0.25) is 14.6 Å². The van der Waals surface area contributed by atoms with Gasteiger partial charge in [0, 0.05) is 49.8 Å². The quantitative estimate of drug-likeness (QED) is 0.372. The van der Waals surface area contributed by atoms with Crippen molar-refractivity contribution in [2.24, 2.45) is 5.73 Å². The monoisotopic (exact) mass is 551 g/mol. The first-order valence-electron chi connectivity index (χ1n) is 12.8. The minimum Gasteiger partial charge on any atom is -0.475 e. The molecule has 4 aromatic rings. The van der Waals surface area contributed by atoms with Crippen molar-refractivity contribution in [3.63, 3.8) is 0 Å². The van der Waals surface area contributed by atoms with Crippen LogP contribution in [-0.4, -0.2) is 67.9 Å². The summed E-state index contributed by atoms with van der Waals surface area (Å²) in [6.45, 7) is 4.33. The average Bonchev–Trinajstić information content (AvgIpc) is 3.63. The van der Waals surface area contributed by atoms with Crippen molar-refractivity contribution in [1.82, 2.24) is 19.6 Å². The van der Waals surface area contributed by atoms with Gasteiger partial charge in [-0.05, 0) is 35.7 Å². The van der Waals surface area contributed by atoms with Gasteiger partial charge in [-0.25, -0.2) is 9.48 Å². The summed E-state index contributed by atoms with van der Waals surface area (Å²) < 4.78 is 33.6. The van der Waals surface area contributed by atoms with Gasteiger partial charge in [0.15, 0.2) is 0 Å². The van der Waals surface area contributed by atoms with Crippen LogP contribution in [0, 0.1) is 0 Å². The van der Waals surface area contributed by atoms with E-state index in [0.717, 1.165) is 37.3 Å². The molecule has 0 unspecified atom stereocenters. The standard InChI is InChI=1S/C27H27N5O.C2HF3O2/c28-27(33)25-8-4-7-21-16-32(29-26(21)25)22-11-9-20(10-12-22)15-31-18-23-13-24(31)17-30(23)14-19-5-2-1-3-6-19;3-2(4,5)1(6)7/h1-12,16,23-24H,13-15,17-18H2,(H2,28,33);(H,6,7)/t23-,24-;/m0./s1. The Hall–Kier alpha value is -4.22. The molecule has 0 spiro atoms. The van der Waals surface area contributed by atoms with Crippen molar-refractivity contribution in [3.05, 3.63) is 95.7 Å². The number of fused-ring (bicyclic) bond motifs is 3. The molecule has 2 saturated heterocycles. The molecule has 1 amide bonds. The molecule has 0 aliphatic carbocycles. The van der Waals surface area contributed by atoms with E-state index in [1.807, 2.05) is 23.0 Å². The summed E-state index contributed by atoms with van der Waals surface area (Å²) in [4.78, 5) is 25.9. The number of rotatable bonds is 6. The molecule has 40 heavy (non-hydrogen) atoms. The van der Waals surface area contributed by atoms with Crippen LogP contribution in [0.5, 0.6) is 0 Å². The molecule has 0 saturated carbocycles. The molecule has 3 heterocycles. The Kier molecular flexibility index (Phi) is 7.59. The van der Waals surface area contributed by atoms with E-state index < -0.39 is 18.1 Å². The van der Waals surface area contributed by atoms with Crippen LogP contribution >= 0.6 is 0 Å². The van der Waals surface area contributed by atoms with Crippen molar-refractivity contribution in [2.45, 2.75) is 37.8 Å². The molecule has 208 valence electrons. The number of alkyl halides is 3. The number of aromatic nitrogens is 2. The van der Waals surface area contributed by atoms with Gasteiger partial charge in [0.25, 0.3) is 5.91 Å². The van der Waals surface area contributed by atoms with Gasteiger partial charge < -0.3 is 10.8 Å². The zero-order valence-corrected chi connectivity index (χ0v) is 21.5. The third-order valence-corrected chi connectivity index (χ3v) is 7.33. The van der Waals surface area contributed by atoms with Gasteiger partial charge >= 0.3 is 12.1 Å². The number of halogens is 3. The normalized spacial score (nSPS) is 19.0. The highest BCUT2D eigenvalue weighted by atomic mass is 19.4. The number of aliphatic carboxylic acids is 1. The van der Waals surface area contributed by atoms with Gasteiger partial charge in [0.2, 0.25) is 0 Å². The lowest BCUT2D eigenvalue weighted by molar-refractivity contribution is -0.192. The zero-order valence-electron chi connectivity index (χ0n) is 21.5. The maximum atomic E-state index is 11.7. The van der Waals surface area contributed by atoms with E-state index in [0.29, 0.717) is 23.2 Å². The number of carbonyl (C=O) groups is 2. The third kappa shape index (κ3) is 6.00. The lowest BCUT2D eigenvalue weighted by Gasteiger charge is -2.34. The Morgan fingerprint density at radius 1 is 0.875 bits per heavy atom. The average molecular weight is 552 g/mol. The van der Waals surface area contributed by atoms with Crippen molar-refractivity contribution in [2.75, 3.05) is 13.1 Å². The highest BCUT2D eigenvalue weighted by molar-refractivity contribution is 6.04. The van der Waals surface area contributed by atoms with Crippen molar-refractivity contribution < 1.29 is 27.9 Å². The number of nitrogens with zero attached hydrogens (tertiary/aromatic N) is 4. The summed E-state index contributed by atoms with van der Waals surface area (Å²) in [7, 11) is 0. The molecule has 6 rings (SSSR count). The van der Waals surface area contributed by atoms with Crippen LogP contribution in [0.25, 0.3) is 16.6 Å². The maximum Gasteiger partial charge on any atom is 0.490 e. The minimum atomic E-state index is -5.08. The molecule has 2 atom stereocenters. The largest absolute Gasteiger partial charge is 0.490 e. The molecule has 2 bridgehead atoms. The number of hydrogen-bond acceptors (Lipinski definition) is 5. The molecular weight excluding hydrogens is 523 g/mol. The molecule has 2 fully saturated rings. The molecule has 2 aliphatic heterocycles. The molecule has 11 heteroatoms. The highest BCUT2D eigenvalue weighted by Gasteiger charge is 2.42. The Labute approximate surface area is 228 Å². The predicted octanol–water partition coefficient (Wildman–Crippen LogP) is 4.22. The van der Waals surface area contributed by atoms with E-state index >= 15 is 0 Å². The summed E-state index contributed by atoms with van der Waals surface area (Å²) in [5.41, 5.74) is 10.3. The number of benzene rings is 3. The van der Waals surface area contributed by atoms with Gasteiger partial charge in [0.05, 0.1) is 11.3 Å². The fourth-order valence-electron chi connectivity index (χ4n) is 5.40. The second-order valence-corrected chi connectivity index (χ2v) is 10.0. The number of amides is 1. The Morgan fingerprint density at radius 3 is 1.98 bits per heavy atom. The number of piperazine rings is 1. The van der Waals surface area contributed by atoms with Crippen LogP contribution in [0.1, 0.15) is 27.9 Å². The van der Waals surface area contributed by atoms with Crippen molar-refractivity contribution in [1.29, 1.82) is 0 Å². The molecule has 0 radical (unpaired) electrons. The topological polar surface area (TPSA) is 105 Å². The minimum absolute atomic E-state index is 0.452. The number of primary amides is 1. The Balaban J connectivity index is 0.000000411. The summed E-state index contributed by atoms with van der Waals surface area (Å²) in [6, 6.07) is 26.2. The molecular formula is C29H28F3N5O3. The first kappa shape index (κ1) is 27.4. The van der Waals surface area contributed by atoms with E-state index in [2.05, 4.69) is 69.5 Å². The lowest BCUT2D eigenvalue weighted by atomic mass is 10.1. The number of hydrogen-bond donors (Lipinski definition) is 2. The summed E-state index contributed by atoms with van der Waals surface area (Å²) in [5.74, 6) is -3.21. The van der Waals surface area contributed by atoms with E-state index in [-0.39, 0.29) is 0 Å². The molecule has 8 nitrogen and oxygen atoms in total. The van der Waals surface area contributed by atoms with E-state index in [1.54, 1.807) is 6.07 Å². The fourth-order valence-corrected chi connectivity index (χ4v) is 5.40. The van der Waals surface area contributed by atoms with Crippen molar-refractivity contribution >= 4 is 22.8 Å². The zero-order chi connectivity index (χ0) is 28.4. The number of carboxylic acid groups (broad SMARTS) is 1. The van der Waals surface area contributed by atoms with E-state index in [9.17, 15) is 18.0 Å². The fraction of sp³-hybridized carbons (Fsp3) is 0.276. The third-order valence-electron chi connectivity index (χ3n) is 7.33. The first-order chi connectivity index (χ1) is 19.1. The molecule has 1 aromatic heterocycles. The highest BCUT2D eigenvalue weighted by Crippen LogP contribution is 2.33. The van der Waals surface area contributed by atoms with Gasteiger partial charge in [0.1, 0.15) is 5.52 Å². The Morgan fingerprint density at radius 2 is 1.45 bits per heavy atom. The lowest BCUT2D eigenvalue weighted by Crippen LogP contribution is -2.45. The SMILES string of the molecule is NC(=O)c1cccc2cn(-c3ccc(CN4C[C@@H]5C[C@H]4CN5Cc4ccccc4)cc3)nc12.O=C(O)C(F)(F)F. The Bertz CT molecular complexity index is 1510. The van der Waals surface area contributed by atoms with Crippen LogP contribution in [0.4, 0.5) is 13.2 Å². The summed E-state index contributed by atoms with van der Waals surface area (Å²) >= 11 is 0. The number of nitrogens with two attached hydrogens (primary N) is 1. The second kappa shape index (κ2) is 11.1. The van der Waals surface area contributed by atoms with Gasteiger partial charge in [-0.15, -0.1) is 0 Å². The molecule has 2 aliphatic rings. The first-order valence-corrected chi connectivity index (χ1v) is 12.8. The summed E-state index contributed by atoms with van der Waals surface area (Å²) in [5, 5.41) is 12.6. The van der Waals surface area contributed by atoms with Gasteiger partial charge in [-0.2, -0.15) is 18.3 Å². The summed E-state index contributed by atoms with van der Waals surface area (Å²) in [6.07, 6.45) is -1.87. The van der Waals surface area contributed by atoms with Gasteiger partial charge in [-0.1, -0.05) is 54.6 Å². The second-order valence-electron chi connectivity index (χ2n) is 10.0. The molecule has 3 N–H and O–H groups in total. The van der Waals surface area contributed by atoms with E-state index in [4.69, 9.17) is 15.6 Å². The number of likely N-dealkylation sites (tertiary alicyclic amines) is 2. The predicted molar refractivity (Wildman–Crippen MR) is 143 cm³/mol. The van der Waals surface area contributed by atoms with Crippen LogP contribution in [-0.2, 0) is 17.9 Å². The van der Waals surface area contributed by atoms with Crippen LogP contribution < -0.4 is 5.73 Å². The van der Waals surface area contributed by atoms with Crippen LogP contribution in [0.3, 0.4) is 0 Å². The van der Waals surface area contributed by atoms with E-state index in [1.165, 1.54) is 17.5 Å².